The van der Waals surface area contributed by atoms with E-state index in [-0.39, 0.29) is 12.1 Å². The highest BCUT2D eigenvalue weighted by Gasteiger charge is 2.43. The van der Waals surface area contributed by atoms with Crippen LogP contribution in [-0.2, 0) is 18.3 Å². The van der Waals surface area contributed by atoms with Gasteiger partial charge in [-0.3, -0.25) is 9.58 Å². The zero-order chi connectivity index (χ0) is 20.0. The molecule has 3 aromatic heterocycles. The number of rotatable bonds is 5. The number of aromatic nitrogens is 5. The smallest absolute Gasteiger partial charge is 0.122 e. The van der Waals surface area contributed by atoms with Crippen molar-refractivity contribution in [2.24, 2.45) is 18.9 Å². The van der Waals surface area contributed by atoms with Crippen LogP contribution in [0, 0.1) is 18.8 Å². The highest BCUT2D eigenvalue weighted by molar-refractivity contribution is 7.13. The summed E-state index contributed by atoms with van der Waals surface area (Å²) in [6, 6.07) is 4.40. The first-order valence-corrected chi connectivity index (χ1v) is 11.2. The largest absolute Gasteiger partial charge is 0.379 e. The van der Waals surface area contributed by atoms with Gasteiger partial charge in [-0.25, -0.2) is 4.68 Å². The van der Waals surface area contributed by atoms with E-state index in [1.807, 2.05) is 29.7 Å². The molecule has 0 radical (unpaired) electrons. The normalized spacial score (nSPS) is 27.4. The molecule has 1 aliphatic carbocycles. The Hall–Kier alpha value is -2.03. The van der Waals surface area contributed by atoms with Crippen LogP contribution in [0.3, 0.4) is 0 Å². The molecule has 4 atom stereocenters. The topological polar surface area (TPSA) is 61.0 Å². The second-order valence-electron chi connectivity index (χ2n) is 8.47. The number of nitrogens with zero attached hydrogens (tertiary/aromatic N) is 6. The van der Waals surface area contributed by atoms with Crippen molar-refractivity contribution >= 4 is 11.3 Å². The van der Waals surface area contributed by atoms with Gasteiger partial charge in [-0.15, -0.1) is 16.4 Å². The summed E-state index contributed by atoms with van der Waals surface area (Å²) in [5, 5.41) is 15.4. The Morgan fingerprint density at radius 2 is 2.07 bits per heavy atom. The van der Waals surface area contributed by atoms with E-state index in [0.717, 1.165) is 43.0 Å². The third-order valence-electron chi connectivity index (χ3n) is 6.82. The predicted molar refractivity (Wildman–Crippen MR) is 113 cm³/mol. The number of hydrogen-bond acceptors (Lipinski definition) is 6. The lowest BCUT2D eigenvalue weighted by Gasteiger charge is -2.37. The zero-order valence-electron chi connectivity index (χ0n) is 17.2. The average molecular weight is 413 g/mol. The van der Waals surface area contributed by atoms with Gasteiger partial charge in [0, 0.05) is 45.0 Å². The lowest BCUT2D eigenvalue weighted by atomic mass is 9.77. The summed E-state index contributed by atoms with van der Waals surface area (Å²) in [6.45, 7) is 5.42. The maximum absolute atomic E-state index is 5.92. The Morgan fingerprint density at radius 1 is 1.24 bits per heavy atom. The molecule has 0 amide bonds. The highest BCUT2D eigenvalue weighted by Crippen LogP contribution is 2.42. The van der Waals surface area contributed by atoms with Gasteiger partial charge in [-0.2, -0.15) is 5.10 Å². The Bertz CT molecular complexity index is 964. The average Bonchev–Trinajstić information content (AvgIpc) is 3.50. The summed E-state index contributed by atoms with van der Waals surface area (Å²) in [7, 11) is 3.85. The van der Waals surface area contributed by atoms with Crippen molar-refractivity contribution in [2.75, 3.05) is 20.2 Å². The molecule has 5 rings (SSSR count). The maximum atomic E-state index is 5.92. The minimum absolute atomic E-state index is 0.189. The van der Waals surface area contributed by atoms with Gasteiger partial charge in [0.25, 0.3) is 0 Å². The minimum atomic E-state index is 0.189. The molecule has 8 heteroatoms. The van der Waals surface area contributed by atoms with Crippen LogP contribution in [0.1, 0.15) is 30.1 Å². The number of ether oxygens (including phenoxy) is 1. The first kappa shape index (κ1) is 19.0. The fraction of sp³-hybridized carbons (Fsp3) is 0.571. The van der Waals surface area contributed by atoms with Crippen molar-refractivity contribution < 1.29 is 4.74 Å². The highest BCUT2D eigenvalue weighted by atomic mass is 32.1. The van der Waals surface area contributed by atoms with Crippen molar-refractivity contribution in [1.82, 2.24) is 29.7 Å². The molecule has 0 bridgehead atoms. The number of aryl methyl sites for hydroxylation is 1. The van der Waals surface area contributed by atoms with Gasteiger partial charge < -0.3 is 4.74 Å². The van der Waals surface area contributed by atoms with E-state index in [9.17, 15) is 0 Å². The molecule has 0 spiro atoms. The quantitative estimate of drug-likeness (QED) is 0.644. The van der Waals surface area contributed by atoms with E-state index in [1.54, 1.807) is 11.3 Å². The SMILES string of the molecule is CO[C@@H]1C[C@H]2CN(Cc3cnn(C)c3C)C[C@H]2C[C@H]1n1cc(-c2cccs2)nn1. The number of fused-ring (bicyclic) bond motifs is 1. The van der Waals surface area contributed by atoms with Crippen molar-refractivity contribution in [3.05, 3.63) is 41.2 Å². The van der Waals surface area contributed by atoms with E-state index in [0.29, 0.717) is 11.8 Å². The van der Waals surface area contributed by atoms with Gasteiger partial charge in [0.2, 0.25) is 0 Å². The molecule has 3 aromatic rings. The minimum Gasteiger partial charge on any atom is -0.379 e. The van der Waals surface area contributed by atoms with Crippen molar-refractivity contribution in [3.8, 4) is 10.6 Å². The predicted octanol–water partition coefficient (Wildman–Crippen LogP) is 3.15. The van der Waals surface area contributed by atoms with Crippen LogP contribution in [0.2, 0.25) is 0 Å². The molecule has 154 valence electrons. The molecule has 1 saturated carbocycles. The molecule has 4 heterocycles. The molecule has 29 heavy (non-hydrogen) atoms. The fourth-order valence-electron chi connectivity index (χ4n) is 5.06. The maximum Gasteiger partial charge on any atom is 0.122 e. The van der Waals surface area contributed by atoms with Crippen LogP contribution in [0.4, 0.5) is 0 Å². The van der Waals surface area contributed by atoms with Crippen LogP contribution in [0.25, 0.3) is 10.6 Å². The first-order chi connectivity index (χ1) is 14.1. The Labute approximate surface area is 175 Å². The molecule has 2 fully saturated rings. The monoisotopic (exact) mass is 412 g/mol. The van der Waals surface area contributed by atoms with Gasteiger partial charge in [-0.05, 0) is 43.0 Å². The molecule has 1 saturated heterocycles. The van der Waals surface area contributed by atoms with Crippen LogP contribution >= 0.6 is 11.3 Å². The standard InChI is InChI=1S/C21H28N6OS/c1-14-17(9-22-25(14)2)12-26-10-15-7-19(20(28-3)8-16(15)11-26)27-13-18(23-24-27)21-5-4-6-29-21/h4-6,9,13,15-16,19-20H,7-8,10-12H2,1-3H3/t15-,16+,19-,20-/m1/s1. The summed E-state index contributed by atoms with van der Waals surface area (Å²) < 4.78 is 9.94. The molecule has 0 aromatic carbocycles. The molecule has 0 unspecified atom stereocenters. The lowest BCUT2D eigenvalue weighted by Crippen LogP contribution is -2.37. The second kappa shape index (κ2) is 7.66. The Kier molecular flexibility index (Phi) is 5.01. The Morgan fingerprint density at radius 3 is 2.76 bits per heavy atom. The molecule has 0 N–H and O–H groups in total. The van der Waals surface area contributed by atoms with E-state index in [1.165, 1.54) is 11.3 Å². The molecular formula is C21H28N6OS. The summed E-state index contributed by atoms with van der Waals surface area (Å²) in [4.78, 5) is 3.75. The second-order valence-corrected chi connectivity index (χ2v) is 9.41. The molecule has 7 nitrogen and oxygen atoms in total. The number of methoxy groups -OCH3 is 1. The zero-order valence-corrected chi connectivity index (χ0v) is 18.0. The Balaban J connectivity index is 1.30. The van der Waals surface area contributed by atoms with Gasteiger partial charge in [0.05, 0.1) is 29.4 Å². The number of hydrogen-bond donors (Lipinski definition) is 0. The van der Waals surface area contributed by atoms with Gasteiger partial charge in [0.15, 0.2) is 0 Å². The van der Waals surface area contributed by atoms with E-state index >= 15 is 0 Å². The summed E-state index contributed by atoms with van der Waals surface area (Å²) in [6.07, 6.45) is 6.48. The van der Waals surface area contributed by atoms with Gasteiger partial charge in [-0.1, -0.05) is 11.3 Å². The molecule has 1 aliphatic heterocycles. The van der Waals surface area contributed by atoms with E-state index in [2.05, 4.69) is 50.9 Å². The summed E-state index contributed by atoms with van der Waals surface area (Å²) >= 11 is 1.70. The van der Waals surface area contributed by atoms with Crippen molar-refractivity contribution in [2.45, 2.75) is 38.5 Å². The fourth-order valence-corrected chi connectivity index (χ4v) is 5.74. The number of likely N-dealkylation sites (tertiary alicyclic amines) is 1. The lowest BCUT2D eigenvalue weighted by molar-refractivity contribution is -0.00545. The van der Waals surface area contributed by atoms with Crippen LogP contribution in [0.15, 0.2) is 29.9 Å². The number of thiophene rings is 1. The van der Waals surface area contributed by atoms with Crippen molar-refractivity contribution in [3.63, 3.8) is 0 Å². The molecular weight excluding hydrogens is 384 g/mol. The molecule has 2 aliphatic rings. The summed E-state index contributed by atoms with van der Waals surface area (Å²) in [5.74, 6) is 1.37. The third-order valence-corrected chi connectivity index (χ3v) is 7.71. The van der Waals surface area contributed by atoms with Gasteiger partial charge >= 0.3 is 0 Å². The third kappa shape index (κ3) is 3.53. The van der Waals surface area contributed by atoms with Crippen LogP contribution in [-0.4, -0.2) is 56.0 Å². The van der Waals surface area contributed by atoms with E-state index in [4.69, 9.17) is 4.74 Å². The van der Waals surface area contributed by atoms with Crippen LogP contribution in [0.5, 0.6) is 0 Å². The first-order valence-electron chi connectivity index (χ1n) is 10.3. The van der Waals surface area contributed by atoms with Gasteiger partial charge in [0.1, 0.15) is 5.69 Å². The van der Waals surface area contributed by atoms with Crippen LogP contribution < -0.4 is 0 Å². The van der Waals surface area contributed by atoms with Crippen molar-refractivity contribution in [1.29, 1.82) is 0 Å². The van der Waals surface area contributed by atoms with E-state index < -0.39 is 0 Å². The summed E-state index contributed by atoms with van der Waals surface area (Å²) in [5.41, 5.74) is 3.55.